The van der Waals surface area contributed by atoms with E-state index >= 15 is 0 Å². The van der Waals surface area contributed by atoms with Gasteiger partial charge in [-0.05, 0) is 35.3 Å². The van der Waals surface area contributed by atoms with Gasteiger partial charge >= 0.3 is 6.92 Å². The van der Waals surface area contributed by atoms with E-state index in [2.05, 4.69) is 17.7 Å². The van der Waals surface area contributed by atoms with Crippen molar-refractivity contribution in [2.75, 3.05) is 0 Å². The van der Waals surface area contributed by atoms with Crippen LogP contribution in [0.5, 0.6) is 11.5 Å². The maximum Gasteiger partial charge on any atom is 0.324 e. The van der Waals surface area contributed by atoms with E-state index in [0.29, 0.717) is 12.3 Å². The Labute approximate surface area is 140 Å². The van der Waals surface area contributed by atoms with Crippen LogP contribution in [-0.4, -0.2) is 6.92 Å². The Morgan fingerprint density at radius 1 is 1.00 bits per heavy atom. The van der Waals surface area contributed by atoms with Gasteiger partial charge < -0.3 is 9.39 Å². The number of nitrogens with zero attached hydrogens (tertiary/aromatic N) is 1. The summed E-state index contributed by atoms with van der Waals surface area (Å²) in [5.41, 5.74) is 3.03. The molecule has 0 aromatic heterocycles. The molecule has 0 N–H and O–H groups in total. The van der Waals surface area contributed by atoms with E-state index in [0.717, 1.165) is 11.5 Å². The predicted molar refractivity (Wildman–Crippen MR) is 98.0 cm³/mol. The lowest BCUT2D eigenvalue weighted by Gasteiger charge is -2.07. The molecule has 1 aliphatic rings. The zero-order chi connectivity index (χ0) is 17.2. The summed E-state index contributed by atoms with van der Waals surface area (Å²) in [5, 5.41) is 0. The summed E-state index contributed by atoms with van der Waals surface area (Å²) in [4.78, 5) is 3.35. The minimum Gasteiger partial charge on any atom is -0.457 e. The van der Waals surface area contributed by atoms with Crippen molar-refractivity contribution < 1.29 is 9.39 Å². The Kier molecular flexibility index (Phi) is 7.94. The molecule has 1 aliphatic heterocycles. The SMILES string of the molecule is CC.CC.[C-]#[N+]c1ccc(Oc2ccc3c(c2)COB3C)cc1. The van der Waals surface area contributed by atoms with Crippen LogP contribution in [0.25, 0.3) is 4.85 Å². The van der Waals surface area contributed by atoms with Crippen molar-refractivity contribution in [1.29, 1.82) is 0 Å². The monoisotopic (exact) mass is 309 g/mol. The summed E-state index contributed by atoms with van der Waals surface area (Å²) < 4.78 is 11.3. The molecule has 0 aliphatic carbocycles. The van der Waals surface area contributed by atoms with Crippen molar-refractivity contribution in [1.82, 2.24) is 0 Å². The Bertz CT molecular complexity index is 647. The Morgan fingerprint density at radius 3 is 2.22 bits per heavy atom. The van der Waals surface area contributed by atoms with E-state index in [9.17, 15) is 0 Å². The van der Waals surface area contributed by atoms with Crippen LogP contribution in [0.2, 0.25) is 6.82 Å². The summed E-state index contributed by atoms with van der Waals surface area (Å²) in [6.45, 7) is 17.8. The van der Waals surface area contributed by atoms with Gasteiger partial charge in [-0.1, -0.05) is 52.7 Å². The highest BCUT2D eigenvalue weighted by Crippen LogP contribution is 2.25. The van der Waals surface area contributed by atoms with Crippen molar-refractivity contribution in [3.8, 4) is 11.5 Å². The molecule has 1 heterocycles. The van der Waals surface area contributed by atoms with Gasteiger partial charge in [-0.25, -0.2) is 4.85 Å². The Hall–Kier alpha value is -2.25. The number of hydrogen-bond donors (Lipinski definition) is 0. The van der Waals surface area contributed by atoms with Crippen molar-refractivity contribution in [3.05, 3.63) is 59.4 Å². The quantitative estimate of drug-likeness (QED) is 0.544. The van der Waals surface area contributed by atoms with E-state index in [-0.39, 0.29) is 6.92 Å². The van der Waals surface area contributed by atoms with E-state index in [1.807, 2.05) is 39.8 Å². The molecule has 0 saturated carbocycles. The molecule has 0 fully saturated rings. The predicted octanol–water partition coefficient (Wildman–Crippen LogP) is 5.44. The Balaban J connectivity index is 0.000000615. The number of fused-ring (bicyclic) bond motifs is 1. The topological polar surface area (TPSA) is 22.8 Å². The Morgan fingerprint density at radius 2 is 1.61 bits per heavy atom. The lowest BCUT2D eigenvalue weighted by molar-refractivity contribution is 0.333. The van der Waals surface area contributed by atoms with Crippen LogP contribution in [0, 0.1) is 6.57 Å². The van der Waals surface area contributed by atoms with Crippen LogP contribution >= 0.6 is 0 Å². The fourth-order valence-electron chi connectivity index (χ4n) is 2.20. The fourth-order valence-corrected chi connectivity index (χ4v) is 2.20. The van der Waals surface area contributed by atoms with Gasteiger partial charge in [0, 0.05) is 0 Å². The molecule has 0 radical (unpaired) electrons. The molecule has 120 valence electrons. The highest BCUT2D eigenvalue weighted by atomic mass is 16.5. The van der Waals surface area contributed by atoms with Crippen LogP contribution in [0.3, 0.4) is 0 Å². The van der Waals surface area contributed by atoms with Crippen molar-refractivity contribution in [3.63, 3.8) is 0 Å². The van der Waals surface area contributed by atoms with E-state index in [1.165, 1.54) is 11.0 Å². The molecular weight excluding hydrogens is 285 g/mol. The second kappa shape index (κ2) is 9.71. The summed E-state index contributed by atoms with van der Waals surface area (Å²) >= 11 is 0. The van der Waals surface area contributed by atoms with Crippen LogP contribution in [0.15, 0.2) is 42.5 Å². The van der Waals surface area contributed by atoms with Gasteiger partial charge in [-0.3, -0.25) is 0 Å². The first-order valence-electron chi connectivity index (χ1n) is 8.16. The summed E-state index contributed by atoms with van der Waals surface area (Å²) in [6.07, 6.45) is 0. The molecule has 2 aromatic carbocycles. The molecule has 0 unspecified atom stereocenters. The van der Waals surface area contributed by atoms with Gasteiger partial charge in [0.05, 0.1) is 13.2 Å². The van der Waals surface area contributed by atoms with E-state index in [4.69, 9.17) is 16.0 Å². The molecule has 4 heteroatoms. The highest BCUT2D eigenvalue weighted by molar-refractivity contribution is 6.67. The van der Waals surface area contributed by atoms with Gasteiger partial charge in [-0.15, -0.1) is 0 Å². The molecular formula is C19H24BNO2. The van der Waals surface area contributed by atoms with Crippen LogP contribution < -0.4 is 10.2 Å². The molecule has 0 amide bonds. The molecule has 3 nitrogen and oxygen atoms in total. The van der Waals surface area contributed by atoms with Gasteiger partial charge in [0.1, 0.15) is 11.5 Å². The van der Waals surface area contributed by atoms with Gasteiger partial charge in [-0.2, -0.15) is 0 Å². The normalized spacial score (nSPS) is 11.2. The van der Waals surface area contributed by atoms with E-state index in [1.54, 1.807) is 24.3 Å². The summed E-state index contributed by atoms with van der Waals surface area (Å²) in [5.74, 6) is 1.53. The van der Waals surface area contributed by atoms with Crippen molar-refractivity contribution >= 4 is 18.1 Å². The molecule has 3 rings (SSSR count). The largest absolute Gasteiger partial charge is 0.457 e. The van der Waals surface area contributed by atoms with Crippen LogP contribution in [0.1, 0.15) is 33.3 Å². The first-order valence-corrected chi connectivity index (χ1v) is 8.16. The molecule has 0 saturated heterocycles. The molecule has 23 heavy (non-hydrogen) atoms. The van der Waals surface area contributed by atoms with Gasteiger partial charge in [0.2, 0.25) is 0 Å². The third kappa shape index (κ3) is 4.87. The van der Waals surface area contributed by atoms with Gasteiger partial charge in [0.15, 0.2) is 5.69 Å². The first-order chi connectivity index (χ1) is 11.3. The number of hydrogen-bond acceptors (Lipinski definition) is 2. The standard InChI is InChI=1S/C15H12BNO2.2C2H6/c1-16-15-8-7-14(9-11(15)10-18-16)19-13-5-3-12(17-2)4-6-13;2*1-2/h3-9H,10H2,1H3;2*1-2H3. The highest BCUT2D eigenvalue weighted by Gasteiger charge is 2.23. The average Bonchev–Trinajstić information content (AvgIpc) is 3.00. The maximum absolute atomic E-state index is 6.91. The number of ether oxygens (including phenoxy) is 1. The van der Waals surface area contributed by atoms with Crippen molar-refractivity contribution in [2.45, 2.75) is 41.1 Å². The second-order valence-corrected chi connectivity index (χ2v) is 4.52. The maximum atomic E-state index is 6.91. The average molecular weight is 309 g/mol. The molecule has 2 aromatic rings. The minimum atomic E-state index is 0.169. The minimum absolute atomic E-state index is 0.169. The lowest BCUT2D eigenvalue weighted by atomic mass is 9.64. The fraction of sp³-hybridized carbons (Fsp3) is 0.316. The summed E-state index contributed by atoms with van der Waals surface area (Å²) in [6, 6.07) is 13.1. The van der Waals surface area contributed by atoms with Crippen LogP contribution in [0.4, 0.5) is 5.69 Å². The smallest absolute Gasteiger partial charge is 0.324 e. The zero-order valence-corrected chi connectivity index (χ0v) is 14.6. The third-order valence-corrected chi connectivity index (χ3v) is 3.24. The lowest BCUT2D eigenvalue weighted by Crippen LogP contribution is -2.23. The molecule has 0 atom stereocenters. The molecule has 0 spiro atoms. The second-order valence-electron chi connectivity index (χ2n) is 4.52. The first kappa shape index (κ1) is 18.8. The number of benzene rings is 2. The molecule has 0 bridgehead atoms. The van der Waals surface area contributed by atoms with E-state index < -0.39 is 0 Å². The third-order valence-electron chi connectivity index (χ3n) is 3.24. The van der Waals surface area contributed by atoms with Gasteiger partial charge in [0.25, 0.3) is 0 Å². The number of rotatable bonds is 2. The zero-order valence-electron chi connectivity index (χ0n) is 14.6. The van der Waals surface area contributed by atoms with Crippen molar-refractivity contribution in [2.24, 2.45) is 0 Å². The summed E-state index contributed by atoms with van der Waals surface area (Å²) in [7, 11) is 0. The van der Waals surface area contributed by atoms with Crippen LogP contribution in [-0.2, 0) is 11.3 Å².